The molecule has 0 bridgehead atoms. The minimum atomic E-state index is -0.235. The third kappa shape index (κ3) is 3.34. The molecule has 1 amide bonds. The minimum absolute atomic E-state index is 0.235. The second kappa shape index (κ2) is 7.93. The number of rotatable bonds is 5. The van der Waals surface area contributed by atoms with E-state index in [9.17, 15) is 4.79 Å². The standard InChI is InChI=1S/C25H43NO2/c1-17(7-6-9-23(27)26-28)20-12-13-21-19-11-10-18-8-4-5-15-24(18,2)22(19)14-16-25(20,21)3/h17-22,28H,4-16H2,1-3H3,(H,26,27)/t17-,18?,19+,20-,21+,22+,24+,25-/m1/s1. The van der Waals surface area contributed by atoms with Crippen LogP contribution in [-0.4, -0.2) is 11.1 Å². The Hall–Kier alpha value is -0.570. The summed E-state index contributed by atoms with van der Waals surface area (Å²) < 4.78 is 0. The predicted molar refractivity (Wildman–Crippen MR) is 113 cm³/mol. The molecule has 28 heavy (non-hydrogen) atoms. The minimum Gasteiger partial charge on any atom is -0.289 e. The second-order valence-corrected chi connectivity index (χ2v) is 11.5. The van der Waals surface area contributed by atoms with Gasteiger partial charge in [0, 0.05) is 6.42 Å². The molecule has 3 nitrogen and oxygen atoms in total. The first-order valence-corrected chi connectivity index (χ1v) is 12.3. The van der Waals surface area contributed by atoms with E-state index in [1.54, 1.807) is 5.48 Å². The summed E-state index contributed by atoms with van der Waals surface area (Å²) in [5.41, 5.74) is 2.95. The van der Waals surface area contributed by atoms with Gasteiger partial charge < -0.3 is 0 Å². The molecule has 160 valence electrons. The third-order valence-electron chi connectivity index (χ3n) is 10.5. The van der Waals surface area contributed by atoms with Crippen LogP contribution < -0.4 is 5.48 Å². The van der Waals surface area contributed by atoms with Crippen molar-refractivity contribution in [3.63, 3.8) is 0 Å². The molecule has 3 heteroatoms. The van der Waals surface area contributed by atoms with Gasteiger partial charge in [-0.25, -0.2) is 5.48 Å². The zero-order chi connectivity index (χ0) is 19.9. The van der Waals surface area contributed by atoms with E-state index in [1.807, 2.05) is 0 Å². The second-order valence-electron chi connectivity index (χ2n) is 11.5. The Balaban J connectivity index is 1.44. The maximum Gasteiger partial charge on any atom is 0.243 e. The number of nitrogens with one attached hydrogen (secondary N) is 1. The Morgan fingerprint density at radius 2 is 1.79 bits per heavy atom. The van der Waals surface area contributed by atoms with Crippen molar-refractivity contribution in [3.05, 3.63) is 0 Å². The zero-order valence-corrected chi connectivity index (χ0v) is 18.5. The molecule has 8 atom stereocenters. The van der Waals surface area contributed by atoms with E-state index in [2.05, 4.69) is 20.8 Å². The Labute approximate surface area is 172 Å². The van der Waals surface area contributed by atoms with E-state index in [4.69, 9.17) is 5.21 Å². The van der Waals surface area contributed by atoms with Crippen molar-refractivity contribution in [1.82, 2.24) is 5.48 Å². The normalized spacial score (nSPS) is 46.2. The predicted octanol–water partition coefficient (Wildman–Crippen LogP) is 6.35. The van der Waals surface area contributed by atoms with Crippen molar-refractivity contribution in [2.75, 3.05) is 0 Å². The van der Waals surface area contributed by atoms with Gasteiger partial charge in [-0.05, 0) is 111 Å². The quantitative estimate of drug-likeness (QED) is 0.425. The van der Waals surface area contributed by atoms with Gasteiger partial charge in [0.25, 0.3) is 0 Å². The maximum absolute atomic E-state index is 11.3. The number of carbonyl (C=O) groups excluding carboxylic acids is 1. The van der Waals surface area contributed by atoms with Crippen LogP contribution in [0.4, 0.5) is 0 Å². The monoisotopic (exact) mass is 389 g/mol. The van der Waals surface area contributed by atoms with Crippen molar-refractivity contribution < 1.29 is 10.0 Å². The average molecular weight is 390 g/mol. The summed E-state index contributed by atoms with van der Waals surface area (Å²) >= 11 is 0. The average Bonchev–Trinajstić information content (AvgIpc) is 3.04. The molecule has 0 aromatic carbocycles. The van der Waals surface area contributed by atoms with Gasteiger partial charge in [0.1, 0.15) is 0 Å². The van der Waals surface area contributed by atoms with Crippen LogP contribution in [0, 0.1) is 46.3 Å². The van der Waals surface area contributed by atoms with Crippen molar-refractivity contribution >= 4 is 5.91 Å². The SMILES string of the molecule is C[C@H](CCCC(=O)NO)[C@H]1CC[C@H]2[C@@H]3CCC4CCCC[C@]4(C)[C@H]3CC[C@]12C. The lowest BCUT2D eigenvalue weighted by Gasteiger charge is -2.61. The molecule has 0 radical (unpaired) electrons. The lowest BCUT2D eigenvalue weighted by molar-refractivity contribution is -0.129. The molecular formula is C25H43NO2. The smallest absolute Gasteiger partial charge is 0.243 e. The van der Waals surface area contributed by atoms with Gasteiger partial charge in [0.2, 0.25) is 5.91 Å². The van der Waals surface area contributed by atoms with Gasteiger partial charge >= 0.3 is 0 Å². The number of amides is 1. The van der Waals surface area contributed by atoms with Crippen LogP contribution in [0.1, 0.15) is 104 Å². The highest BCUT2D eigenvalue weighted by atomic mass is 16.5. The Morgan fingerprint density at radius 1 is 1.00 bits per heavy atom. The summed E-state index contributed by atoms with van der Waals surface area (Å²) in [7, 11) is 0. The van der Waals surface area contributed by atoms with Crippen molar-refractivity contribution in [2.45, 2.75) is 104 Å². The van der Waals surface area contributed by atoms with E-state index in [0.29, 0.717) is 23.2 Å². The molecule has 4 rings (SSSR count). The summed E-state index contributed by atoms with van der Waals surface area (Å²) in [6.07, 6.45) is 17.2. The fourth-order valence-corrected chi connectivity index (χ4v) is 9.11. The lowest BCUT2D eigenvalue weighted by Crippen LogP contribution is -2.53. The molecule has 0 spiro atoms. The van der Waals surface area contributed by atoms with E-state index >= 15 is 0 Å². The van der Waals surface area contributed by atoms with Crippen LogP contribution in [0.3, 0.4) is 0 Å². The molecule has 0 heterocycles. The van der Waals surface area contributed by atoms with Crippen LogP contribution in [0.15, 0.2) is 0 Å². The Kier molecular flexibility index (Phi) is 5.86. The number of hydrogen-bond acceptors (Lipinski definition) is 2. The Bertz CT molecular complexity index is 577. The lowest BCUT2D eigenvalue weighted by atomic mass is 9.44. The van der Waals surface area contributed by atoms with E-state index in [1.165, 1.54) is 64.2 Å². The highest BCUT2D eigenvalue weighted by Gasteiger charge is 2.59. The van der Waals surface area contributed by atoms with Crippen LogP contribution in [0.5, 0.6) is 0 Å². The number of hydroxylamine groups is 1. The molecule has 4 saturated carbocycles. The first kappa shape index (κ1) is 20.7. The van der Waals surface area contributed by atoms with Crippen LogP contribution >= 0.6 is 0 Å². The molecule has 0 aliphatic heterocycles. The molecule has 0 aromatic rings. The van der Waals surface area contributed by atoms with E-state index < -0.39 is 0 Å². The summed E-state index contributed by atoms with van der Waals surface area (Å²) in [6.45, 7) is 7.75. The highest BCUT2D eigenvalue weighted by Crippen LogP contribution is 2.68. The molecule has 4 fully saturated rings. The summed E-state index contributed by atoms with van der Waals surface area (Å²) in [5, 5.41) is 8.72. The van der Waals surface area contributed by atoms with Crippen LogP contribution in [0.25, 0.3) is 0 Å². The van der Waals surface area contributed by atoms with Crippen molar-refractivity contribution in [1.29, 1.82) is 0 Å². The van der Waals surface area contributed by atoms with E-state index in [0.717, 1.165) is 42.4 Å². The molecular weight excluding hydrogens is 346 g/mol. The van der Waals surface area contributed by atoms with Gasteiger partial charge in [-0.1, -0.05) is 33.6 Å². The Morgan fingerprint density at radius 3 is 2.57 bits per heavy atom. The highest BCUT2D eigenvalue weighted by molar-refractivity contribution is 5.74. The summed E-state index contributed by atoms with van der Waals surface area (Å²) in [5.74, 6) is 5.22. The first-order valence-electron chi connectivity index (χ1n) is 12.3. The topological polar surface area (TPSA) is 49.3 Å². The fourth-order valence-electron chi connectivity index (χ4n) is 9.11. The largest absolute Gasteiger partial charge is 0.289 e. The van der Waals surface area contributed by atoms with Gasteiger partial charge in [0.05, 0.1) is 0 Å². The van der Waals surface area contributed by atoms with Crippen LogP contribution in [0.2, 0.25) is 0 Å². The number of fused-ring (bicyclic) bond motifs is 5. The fraction of sp³-hybridized carbons (Fsp3) is 0.960. The molecule has 4 aliphatic carbocycles. The zero-order valence-electron chi connectivity index (χ0n) is 18.5. The van der Waals surface area contributed by atoms with Gasteiger partial charge in [-0.2, -0.15) is 0 Å². The molecule has 0 aromatic heterocycles. The molecule has 1 unspecified atom stereocenters. The summed E-state index contributed by atoms with van der Waals surface area (Å²) in [4.78, 5) is 11.3. The first-order chi connectivity index (χ1) is 13.4. The van der Waals surface area contributed by atoms with Crippen LogP contribution in [-0.2, 0) is 4.79 Å². The number of carbonyl (C=O) groups is 1. The molecule has 4 aliphatic rings. The molecule has 0 saturated heterocycles. The van der Waals surface area contributed by atoms with E-state index in [-0.39, 0.29) is 5.91 Å². The number of hydrogen-bond donors (Lipinski definition) is 2. The maximum atomic E-state index is 11.3. The van der Waals surface area contributed by atoms with Crippen molar-refractivity contribution in [3.8, 4) is 0 Å². The third-order valence-corrected chi connectivity index (χ3v) is 10.5. The van der Waals surface area contributed by atoms with Crippen molar-refractivity contribution in [2.24, 2.45) is 46.3 Å². The molecule has 2 N–H and O–H groups in total. The van der Waals surface area contributed by atoms with Gasteiger partial charge in [-0.3, -0.25) is 10.0 Å². The van der Waals surface area contributed by atoms with Gasteiger partial charge in [-0.15, -0.1) is 0 Å². The summed E-state index contributed by atoms with van der Waals surface area (Å²) in [6, 6.07) is 0. The van der Waals surface area contributed by atoms with Gasteiger partial charge in [0.15, 0.2) is 0 Å².